The number of pyridine rings is 2. The zero-order valence-electron chi connectivity index (χ0n) is 32.6. The van der Waals surface area contributed by atoms with Crippen LogP contribution in [0.2, 0.25) is 35.7 Å². The molecular formula is C41H52ClFN4O5Si2. The number of imidazole rings is 1. The number of rotatable bonds is 17. The summed E-state index contributed by atoms with van der Waals surface area (Å²) in [6.45, 7) is 22.0. The summed E-state index contributed by atoms with van der Waals surface area (Å²) in [5, 5.41) is 2.14. The van der Waals surface area contributed by atoms with Crippen molar-refractivity contribution in [3.63, 3.8) is 0 Å². The normalized spacial score (nSPS) is 12.9. The molecule has 0 radical (unpaired) electrons. The van der Waals surface area contributed by atoms with E-state index in [0.29, 0.717) is 25.4 Å². The molecule has 0 amide bonds. The Hall–Kier alpha value is -4.08. The smallest absolute Gasteiger partial charge is 0.338 e. The average molecular weight is 792 g/mol. The van der Waals surface area contributed by atoms with E-state index >= 15 is 4.39 Å². The minimum atomic E-state index is -2.77. The highest BCUT2D eigenvalue weighted by atomic mass is 35.5. The molecule has 0 saturated carbocycles. The van der Waals surface area contributed by atoms with Crippen LogP contribution >= 0.6 is 11.6 Å². The number of benzene rings is 2. The Bertz CT molecular complexity index is 2070. The Kier molecular flexibility index (Phi) is 13.1. The Morgan fingerprint density at radius 2 is 1.63 bits per heavy atom. The first kappa shape index (κ1) is 41.1. The molecule has 0 aliphatic rings. The molecule has 0 saturated heterocycles. The van der Waals surface area contributed by atoms with Gasteiger partial charge < -0.3 is 18.6 Å². The molecule has 0 fully saturated rings. The lowest BCUT2D eigenvalue weighted by Crippen LogP contribution is -2.66. The number of ether oxygens (including phenoxy) is 3. The molecule has 0 N–H and O–H groups in total. The molecule has 5 rings (SSSR count). The van der Waals surface area contributed by atoms with Gasteiger partial charge in [0.25, 0.3) is 8.32 Å². The number of hydrogen-bond donors (Lipinski definition) is 0. The molecule has 0 bridgehead atoms. The van der Waals surface area contributed by atoms with Crippen molar-refractivity contribution in [2.75, 3.05) is 19.8 Å². The van der Waals surface area contributed by atoms with Crippen LogP contribution in [0.1, 0.15) is 41.0 Å². The van der Waals surface area contributed by atoms with Crippen LogP contribution in [-0.4, -0.2) is 61.4 Å². The predicted molar refractivity (Wildman–Crippen MR) is 221 cm³/mol. The van der Waals surface area contributed by atoms with Gasteiger partial charge in [0.2, 0.25) is 5.88 Å². The molecule has 9 nitrogen and oxygen atoms in total. The quantitative estimate of drug-likeness (QED) is 0.0532. The second kappa shape index (κ2) is 17.2. The lowest BCUT2D eigenvalue weighted by Gasteiger charge is -2.43. The standard InChI is InChI=1S/C41H52ClFN4O5Si2/c1-29(2)27-50-35-20-22-44-38-36(35)47(40(48)46(38)28-49-24-25-53(7,8)9)37-34(43)26-33(42)39(45-37)52-30(3)21-23-51-54(41(4,5)6,31-16-12-10-13-17-31)32-18-14-11-15-19-32/h10-20,22,26,30H,1,21,23-25,27-28H2,2-9H3. The predicted octanol–water partition coefficient (Wildman–Crippen LogP) is 8.38. The van der Waals surface area contributed by atoms with Crippen LogP contribution in [0.15, 0.2) is 95.9 Å². The highest BCUT2D eigenvalue weighted by molar-refractivity contribution is 6.99. The maximum Gasteiger partial charge on any atom is 0.338 e. The van der Waals surface area contributed by atoms with Crippen molar-refractivity contribution in [2.24, 2.45) is 0 Å². The fourth-order valence-corrected chi connectivity index (χ4v) is 11.9. The zero-order chi connectivity index (χ0) is 39.3. The first-order valence-corrected chi connectivity index (χ1v) is 24.3. The van der Waals surface area contributed by atoms with Crippen LogP contribution in [0.4, 0.5) is 4.39 Å². The highest BCUT2D eigenvalue weighted by Crippen LogP contribution is 2.37. The van der Waals surface area contributed by atoms with Crippen molar-refractivity contribution in [3.05, 3.63) is 112 Å². The monoisotopic (exact) mass is 790 g/mol. The van der Waals surface area contributed by atoms with E-state index in [-0.39, 0.29) is 46.3 Å². The summed E-state index contributed by atoms with van der Waals surface area (Å²) in [4.78, 5) is 23.1. The van der Waals surface area contributed by atoms with E-state index in [1.807, 2.05) is 26.0 Å². The van der Waals surface area contributed by atoms with Crippen LogP contribution in [-0.2, 0) is 15.9 Å². The van der Waals surface area contributed by atoms with Gasteiger partial charge in [0.1, 0.15) is 29.6 Å². The third-order valence-electron chi connectivity index (χ3n) is 9.12. The highest BCUT2D eigenvalue weighted by Gasteiger charge is 2.50. The second-order valence-electron chi connectivity index (χ2n) is 15.9. The van der Waals surface area contributed by atoms with E-state index in [1.165, 1.54) is 21.1 Å². The summed E-state index contributed by atoms with van der Waals surface area (Å²) in [5.74, 6) is -0.813. The molecule has 0 aliphatic carbocycles. The molecule has 5 aromatic rings. The van der Waals surface area contributed by atoms with Gasteiger partial charge in [-0.1, -0.05) is 119 Å². The first-order valence-electron chi connectivity index (χ1n) is 18.3. The average Bonchev–Trinajstić information content (AvgIpc) is 3.39. The van der Waals surface area contributed by atoms with Gasteiger partial charge in [0, 0.05) is 46.0 Å². The summed E-state index contributed by atoms with van der Waals surface area (Å²) in [5.41, 5.74) is 0.675. The molecule has 0 aliphatic heterocycles. The Morgan fingerprint density at radius 1 is 1.00 bits per heavy atom. The maximum absolute atomic E-state index is 15.9. The topological polar surface area (TPSA) is 89.6 Å². The van der Waals surface area contributed by atoms with Crippen molar-refractivity contribution in [1.82, 2.24) is 19.1 Å². The molecule has 1 unspecified atom stereocenters. The van der Waals surface area contributed by atoms with E-state index in [4.69, 9.17) is 30.2 Å². The largest absolute Gasteiger partial charge is 0.487 e. The number of hydrogen-bond acceptors (Lipinski definition) is 7. The number of aromatic nitrogens is 4. The van der Waals surface area contributed by atoms with Crippen molar-refractivity contribution >= 4 is 49.5 Å². The van der Waals surface area contributed by atoms with Gasteiger partial charge in [0.15, 0.2) is 17.3 Å². The molecule has 2 aromatic carbocycles. The van der Waals surface area contributed by atoms with Crippen LogP contribution in [0.5, 0.6) is 11.6 Å². The van der Waals surface area contributed by atoms with Gasteiger partial charge in [-0.25, -0.2) is 18.7 Å². The fourth-order valence-electron chi connectivity index (χ4n) is 6.37. The summed E-state index contributed by atoms with van der Waals surface area (Å²) in [6, 6.07) is 24.5. The Morgan fingerprint density at radius 3 is 2.20 bits per heavy atom. The van der Waals surface area contributed by atoms with Gasteiger partial charge >= 0.3 is 5.69 Å². The minimum absolute atomic E-state index is 0.0153. The van der Waals surface area contributed by atoms with E-state index in [2.05, 4.69) is 105 Å². The number of halogens is 2. The fraction of sp³-hybridized carbons (Fsp3) is 0.390. The SMILES string of the molecule is C=C(C)COc1ccnc2c1n(-c1nc(OC(C)CCO[Si](c3ccccc3)(c3ccccc3)C(C)(C)C)c(Cl)cc1F)c(=O)n2COCC[Si](C)(C)C. The Balaban J connectivity index is 1.46. The molecule has 3 heterocycles. The van der Waals surface area contributed by atoms with Crippen LogP contribution in [0.25, 0.3) is 17.0 Å². The third kappa shape index (κ3) is 9.23. The van der Waals surface area contributed by atoms with Gasteiger partial charge in [-0.15, -0.1) is 0 Å². The first-order chi connectivity index (χ1) is 25.5. The summed E-state index contributed by atoms with van der Waals surface area (Å²) < 4.78 is 43.8. The number of nitrogens with zero attached hydrogens (tertiary/aromatic N) is 4. The summed E-state index contributed by atoms with van der Waals surface area (Å²) in [7, 11) is -4.15. The van der Waals surface area contributed by atoms with Crippen molar-refractivity contribution in [3.8, 4) is 17.4 Å². The van der Waals surface area contributed by atoms with E-state index < -0.39 is 34.0 Å². The third-order valence-corrected chi connectivity index (χ3v) is 16.1. The van der Waals surface area contributed by atoms with Crippen molar-refractivity contribution < 1.29 is 23.0 Å². The Labute approximate surface area is 324 Å². The molecule has 1 atom stereocenters. The van der Waals surface area contributed by atoms with Crippen molar-refractivity contribution in [2.45, 2.75) is 84.6 Å². The molecule has 13 heteroatoms. The van der Waals surface area contributed by atoms with Crippen molar-refractivity contribution in [1.29, 1.82) is 0 Å². The molecule has 0 spiro atoms. The summed E-state index contributed by atoms with van der Waals surface area (Å²) >= 11 is 6.55. The van der Waals surface area contributed by atoms with Crippen LogP contribution < -0.4 is 25.5 Å². The lowest BCUT2D eigenvalue weighted by atomic mass is 10.2. The van der Waals surface area contributed by atoms with Gasteiger partial charge in [-0.2, -0.15) is 4.98 Å². The van der Waals surface area contributed by atoms with Gasteiger partial charge in [-0.3, -0.25) is 4.57 Å². The van der Waals surface area contributed by atoms with E-state index in [9.17, 15) is 4.79 Å². The maximum atomic E-state index is 15.9. The molecule has 3 aromatic heterocycles. The molecular weight excluding hydrogens is 739 g/mol. The van der Waals surface area contributed by atoms with Crippen LogP contribution in [0.3, 0.4) is 0 Å². The second-order valence-corrected chi connectivity index (χ2v) is 26.3. The lowest BCUT2D eigenvalue weighted by molar-refractivity contribution is 0.0871. The van der Waals surface area contributed by atoms with E-state index in [1.54, 1.807) is 6.07 Å². The van der Waals surface area contributed by atoms with E-state index in [0.717, 1.165) is 22.3 Å². The van der Waals surface area contributed by atoms with Gasteiger partial charge in [-0.05, 0) is 40.9 Å². The van der Waals surface area contributed by atoms with Gasteiger partial charge in [0.05, 0.1) is 6.10 Å². The van der Waals surface area contributed by atoms with Crippen LogP contribution in [0, 0.1) is 5.82 Å². The molecule has 288 valence electrons. The molecule has 54 heavy (non-hydrogen) atoms. The zero-order valence-corrected chi connectivity index (χ0v) is 35.4. The minimum Gasteiger partial charge on any atom is -0.487 e. The summed E-state index contributed by atoms with van der Waals surface area (Å²) in [6.07, 6.45) is 1.60. The number of fused-ring (bicyclic) bond motifs is 1.